The number of halogens is 1. The van der Waals surface area contributed by atoms with Crippen LogP contribution in [0, 0.1) is 11.7 Å². The molecule has 1 aromatic heterocycles. The molecule has 1 aliphatic rings. The summed E-state index contributed by atoms with van der Waals surface area (Å²) in [6.45, 7) is 3.69. The molecule has 2 N–H and O–H groups in total. The van der Waals surface area contributed by atoms with Crippen LogP contribution in [0.15, 0.2) is 29.3 Å². The molecule has 1 amide bonds. The molecule has 2 aromatic rings. The highest BCUT2D eigenvalue weighted by Crippen LogP contribution is 2.32. The Labute approximate surface area is 157 Å². The highest BCUT2D eigenvalue weighted by Gasteiger charge is 2.31. The molecule has 0 radical (unpaired) electrons. The van der Waals surface area contributed by atoms with Crippen molar-refractivity contribution >= 4 is 28.6 Å². The van der Waals surface area contributed by atoms with Crippen molar-refractivity contribution < 1.29 is 14.3 Å². The minimum Gasteiger partial charge on any atom is -0.390 e. The average Bonchev–Trinajstić information content (AvgIpc) is 2.60. The first-order valence-electron chi connectivity index (χ1n) is 8.94. The molecular formula is C20H25FN2O2S. The molecule has 6 heteroatoms. The lowest BCUT2D eigenvalue weighted by Gasteiger charge is -2.36. The first-order valence-corrected chi connectivity index (χ1v) is 10.2. The quantitative estimate of drug-likeness (QED) is 0.787. The van der Waals surface area contributed by atoms with Crippen LogP contribution < -0.4 is 5.32 Å². The third kappa shape index (κ3) is 4.18. The van der Waals surface area contributed by atoms with Crippen molar-refractivity contribution in [3.8, 4) is 0 Å². The van der Waals surface area contributed by atoms with Gasteiger partial charge in [0.05, 0.1) is 16.7 Å². The van der Waals surface area contributed by atoms with E-state index in [2.05, 4.69) is 10.3 Å². The Morgan fingerprint density at radius 2 is 1.96 bits per heavy atom. The molecule has 1 saturated carbocycles. The van der Waals surface area contributed by atoms with Crippen molar-refractivity contribution in [1.29, 1.82) is 0 Å². The lowest BCUT2D eigenvalue weighted by molar-refractivity contribution is -0.00257. The van der Waals surface area contributed by atoms with Gasteiger partial charge < -0.3 is 10.4 Å². The van der Waals surface area contributed by atoms with Gasteiger partial charge in [0, 0.05) is 22.5 Å². The zero-order valence-corrected chi connectivity index (χ0v) is 16.2. The van der Waals surface area contributed by atoms with Crippen molar-refractivity contribution in [1.82, 2.24) is 10.3 Å². The summed E-state index contributed by atoms with van der Waals surface area (Å²) in [5, 5.41) is 13.8. The van der Waals surface area contributed by atoms with Gasteiger partial charge in [0.2, 0.25) is 0 Å². The Hall–Kier alpha value is -1.66. The summed E-state index contributed by atoms with van der Waals surface area (Å²) in [4.78, 5) is 17.4. The number of nitrogens with zero attached hydrogens (tertiary/aromatic N) is 1. The predicted octanol–water partition coefficient (Wildman–Crippen LogP) is 4.16. The number of aliphatic hydroxyl groups is 1. The molecule has 1 aromatic carbocycles. The number of nitrogens with one attached hydrogen (secondary N) is 1. The minimum atomic E-state index is -0.670. The molecule has 26 heavy (non-hydrogen) atoms. The first-order chi connectivity index (χ1) is 12.3. The number of thioether (sulfide) groups is 1. The van der Waals surface area contributed by atoms with E-state index >= 15 is 0 Å². The van der Waals surface area contributed by atoms with Crippen molar-refractivity contribution in [3.63, 3.8) is 0 Å². The van der Waals surface area contributed by atoms with E-state index in [0.717, 1.165) is 25.7 Å². The smallest absolute Gasteiger partial charge is 0.253 e. The van der Waals surface area contributed by atoms with Gasteiger partial charge in [-0.2, -0.15) is 0 Å². The summed E-state index contributed by atoms with van der Waals surface area (Å²) >= 11 is 1.33. The number of carbonyl (C=O) groups is 1. The van der Waals surface area contributed by atoms with E-state index in [1.807, 2.05) is 20.1 Å². The van der Waals surface area contributed by atoms with Gasteiger partial charge in [-0.25, -0.2) is 4.39 Å². The zero-order valence-electron chi connectivity index (χ0n) is 15.4. The van der Waals surface area contributed by atoms with Crippen LogP contribution in [0.5, 0.6) is 0 Å². The number of hydrogen-bond acceptors (Lipinski definition) is 4. The number of carbonyl (C=O) groups excluding carboxylic acids is 1. The van der Waals surface area contributed by atoms with Crippen LogP contribution in [0.2, 0.25) is 0 Å². The molecule has 0 unspecified atom stereocenters. The Morgan fingerprint density at radius 3 is 2.58 bits per heavy atom. The van der Waals surface area contributed by atoms with E-state index in [9.17, 15) is 14.3 Å². The predicted molar refractivity (Wildman–Crippen MR) is 103 cm³/mol. The fourth-order valence-corrected chi connectivity index (χ4v) is 4.11. The average molecular weight is 376 g/mol. The van der Waals surface area contributed by atoms with Crippen molar-refractivity contribution in [2.24, 2.45) is 5.92 Å². The normalized spacial score (nSPS) is 21.0. The second-order valence-corrected chi connectivity index (χ2v) is 8.43. The summed E-state index contributed by atoms with van der Waals surface area (Å²) in [7, 11) is 0. The maximum absolute atomic E-state index is 14.0. The lowest BCUT2D eigenvalue weighted by atomic mass is 9.77. The van der Waals surface area contributed by atoms with E-state index in [-0.39, 0.29) is 23.7 Å². The molecule has 1 aliphatic carbocycles. The topological polar surface area (TPSA) is 62.2 Å². The molecule has 0 aliphatic heterocycles. The monoisotopic (exact) mass is 376 g/mol. The zero-order chi connectivity index (χ0) is 18.9. The van der Waals surface area contributed by atoms with Crippen LogP contribution in [0.1, 0.15) is 49.9 Å². The Morgan fingerprint density at radius 1 is 1.27 bits per heavy atom. The summed E-state index contributed by atoms with van der Waals surface area (Å²) in [5.74, 6) is -0.207. The molecule has 0 bridgehead atoms. The van der Waals surface area contributed by atoms with E-state index in [1.165, 1.54) is 17.8 Å². The maximum Gasteiger partial charge on any atom is 0.253 e. The highest BCUT2D eigenvalue weighted by atomic mass is 32.2. The van der Waals surface area contributed by atoms with Gasteiger partial charge in [-0.15, -0.1) is 11.8 Å². The molecule has 0 atom stereocenters. The van der Waals surface area contributed by atoms with Gasteiger partial charge in [0.15, 0.2) is 0 Å². The second kappa shape index (κ2) is 7.53. The molecule has 4 nitrogen and oxygen atoms in total. The summed E-state index contributed by atoms with van der Waals surface area (Å²) in [5.41, 5.74) is 0.452. The van der Waals surface area contributed by atoms with Crippen LogP contribution in [0.25, 0.3) is 10.9 Å². The second-order valence-electron chi connectivity index (χ2n) is 7.58. The number of hydrogen-bond donors (Lipinski definition) is 2. The standard InChI is InChI=1S/C20H25FN2O2S/c1-20(2,25)14-4-6-15(7-5-14)23-19(24)13-8-12-9-16(21)18(26-3)10-17(12)22-11-13/h8-11,14-15,25H,4-7H2,1-3H3,(H,23,24)/t14-,15-. The summed E-state index contributed by atoms with van der Waals surface area (Å²) < 4.78 is 14.0. The SMILES string of the molecule is CSc1cc2ncc(C(=O)N[C@H]3CC[C@H](C(C)(C)O)CC3)cc2cc1F. The first kappa shape index (κ1) is 19.1. The third-order valence-electron chi connectivity index (χ3n) is 5.28. The van der Waals surface area contributed by atoms with Crippen LogP contribution in [-0.2, 0) is 0 Å². The Kier molecular flexibility index (Phi) is 5.53. The molecule has 1 fully saturated rings. The van der Waals surface area contributed by atoms with Gasteiger partial charge >= 0.3 is 0 Å². The van der Waals surface area contributed by atoms with Gasteiger partial charge in [-0.1, -0.05) is 0 Å². The minimum absolute atomic E-state index is 0.104. The molecular weight excluding hydrogens is 351 g/mol. The van der Waals surface area contributed by atoms with Crippen molar-refractivity contribution in [3.05, 3.63) is 35.8 Å². The van der Waals surface area contributed by atoms with Crippen molar-refractivity contribution in [2.45, 2.75) is 56.1 Å². The number of fused-ring (bicyclic) bond motifs is 1. The molecule has 0 saturated heterocycles. The largest absolute Gasteiger partial charge is 0.390 e. The van der Waals surface area contributed by atoms with E-state index in [0.29, 0.717) is 21.4 Å². The number of aromatic nitrogens is 1. The lowest BCUT2D eigenvalue weighted by Crippen LogP contribution is -2.41. The van der Waals surface area contributed by atoms with Crippen LogP contribution in [-0.4, -0.2) is 33.9 Å². The van der Waals surface area contributed by atoms with Crippen LogP contribution >= 0.6 is 11.8 Å². The van der Waals surface area contributed by atoms with Gasteiger partial charge in [0.1, 0.15) is 5.82 Å². The molecule has 3 rings (SSSR count). The number of amides is 1. The number of benzene rings is 1. The highest BCUT2D eigenvalue weighted by molar-refractivity contribution is 7.98. The van der Waals surface area contributed by atoms with E-state index in [4.69, 9.17) is 0 Å². The van der Waals surface area contributed by atoms with Gasteiger partial charge in [0.25, 0.3) is 5.91 Å². The number of rotatable bonds is 4. The molecule has 0 spiro atoms. The molecule has 1 heterocycles. The fraction of sp³-hybridized carbons (Fsp3) is 0.500. The Balaban J connectivity index is 1.69. The van der Waals surface area contributed by atoms with Crippen LogP contribution in [0.4, 0.5) is 4.39 Å². The summed E-state index contributed by atoms with van der Waals surface area (Å²) in [6, 6.07) is 4.93. The fourth-order valence-electron chi connectivity index (χ4n) is 3.62. The van der Waals surface area contributed by atoms with E-state index < -0.39 is 5.60 Å². The van der Waals surface area contributed by atoms with E-state index in [1.54, 1.807) is 18.3 Å². The Bertz CT molecular complexity index is 811. The van der Waals surface area contributed by atoms with Crippen molar-refractivity contribution in [2.75, 3.05) is 6.26 Å². The van der Waals surface area contributed by atoms with Gasteiger partial charge in [-0.05, 0) is 69.9 Å². The maximum atomic E-state index is 14.0. The molecule has 140 valence electrons. The summed E-state index contributed by atoms with van der Waals surface area (Å²) in [6.07, 6.45) is 6.86. The third-order valence-corrected chi connectivity index (χ3v) is 6.03. The van der Waals surface area contributed by atoms with Crippen LogP contribution in [0.3, 0.4) is 0 Å². The number of pyridine rings is 1. The van der Waals surface area contributed by atoms with Gasteiger partial charge in [-0.3, -0.25) is 9.78 Å².